The highest BCUT2D eigenvalue weighted by Crippen LogP contribution is 2.24. The molecule has 1 heterocycles. The molecule has 178 valence electrons. The van der Waals surface area contributed by atoms with Gasteiger partial charge in [0.25, 0.3) is 15.9 Å². The molecule has 3 aromatic rings. The maximum atomic E-state index is 13.2. The van der Waals surface area contributed by atoms with E-state index in [1.807, 2.05) is 44.2 Å². The van der Waals surface area contributed by atoms with Crippen LogP contribution in [0, 0.1) is 20.8 Å². The summed E-state index contributed by atoms with van der Waals surface area (Å²) in [5, 5.41) is 0.679. The second-order valence-electron chi connectivity index (χ2n) is 8.64. The van der Waals surface area contributed by atoms with E-state index in [9.17, 15) is 13.2 Å². The standard InChI is InChI=1S/C26H28ClN3O3S/c1-18-8-10-23(15-20(18)3)28-34(32,33)25-16-21(9-7-19(25)2)26(31)30-13-11-29(12-14-30)24-6-4-5-22(27)17-24/h4-10,15-17,28H,11-14H2,1-3H3. The van der Waals surface area contributed by atoms with Gasteiger partial charge >= 0.3 is 0 Å². The van der Waals surface area contributed by atoms with E-state index in [0.717, 1.165) is 16.8 Å². The van der Waals surface area contributed by atoms with Gasteiger partial charge in [-0.1, -0.05) is 29.8 Å². The van der Waals surface area contributed by atoms with E-state index < -0.39 is 10.0 Å². The van der Waals surface area contributed by atoms with E-state index in [1.54, 1.807) is 36.1 Å². The number of aryl methyl sites for hydroxylation is 3. The zero-order chi connectivity index (χ0) is 24.5. The summed E-state index contributed by atoms with van der Waals surface area (Å²) in [6.45, 7) is 8.08. The van der Waals surface area contributed by atoms with Crippen molar-refractivity contribution in [2.45, 2.75) is 25.7 Å². The molecule has 1 aliphatic rings. The van der Waals surface area contributed by atoms with Crippen LogP contribution in [0.3, 0.4) is 0 Å². The Balaban J connectivity index is 1.50. The molecule has 1 aliphatic heterocycles. The fourth-order valence-electron chi connectivity index (χ4n) is 4.06. The van der Waals surface area contributed by atoms with E-state index >= 15 is 0 Å². The second kappa shape index (κ2) is 9.68. The maximum absolute atomic E-state index is 13.2. The van der Waals surface area contributed by atoms with Crippen LogP contribution in [0.15, 0.2) is 65.6 Å². The van der Waals surface area contributed by atoms with Gasteiger partial charge in [-0.05, 0) is 79.9 Å². The average molecular weight is 498 g/mol. The molecular formula is C26H28ClN3O3S. The lowest BCUT2D eigenvalue weighted by molar-refractivity contribution is 0.0746. The Hall–Kier alpha value is -3.03. The summed E-state index contributed by atoms with van der Waals surface area (Å²) >= 11 is 6.11. The molecule has 1 saturated heterocycles. The molecular weight excluding hydrogens is 470 g/mol. The van der Waals surface area contributed by atoms with Crippen molar-refractivity contribution in [3.63, 3.8) is 0 Å². The number of carbonyl (C=O) groups is 1. The van der Waals surface area contributed by atoms with Crippen LogP contribution >= 0.6 is 11.6 Å². The van der Waals surface area contributed by atoms with Gasteiger partial charge in [0.2, 0.25) is 0 Å². The van der Waals surface area contributed by atoms with Crippen LogP contribution in [-0.2, 0) is 10.0 Å². The summed E-state index contributed by atoms with van der Waals surface area (Å²) in [7, 11) is -3.85. The van der Waals surface area contributed by atoms with Crippen LogP contribution in [0.5, 0.6) is 0 Å². The Morgan fingerprint density at radius 1 is 0.853 bits per heavy atom. The van der Waals surface area contributed by atoms with Gasteiger partial charge < -0.3 is 9.80 Å². The number of nitrogens with zero attached hydrogens (tertiary/aromatic N) is 2. The quantitative estimate of drug-likeness (QED) is 0.537. The van der Waals surface area contributed by atoms with E-state index in [-0.39, 0.29) is 10.8 Å². The molecule has 34 heavy (non-hydrogen) atoms. The van der Waals surface area contributed by atoms with Crippen molar-refractivity contribution in [2.75, 3.05) is 35.8 Å². The molecule has 0 atom stereocenters. The van der Waals surface area contributed by atoms with Crippen molar-refractivity contribution in [3.05, 3.63) is 87.9 Å². The van der Waals surface area contributed by atoms with Gasteiger partial charge in [0.1, 0.15) is 0 Å². The van der Waals surface area contributed by atoms with Crippen molar-refractivity contribution in [3.8, 4) is 0 Å². The lowest BCUT2D eigenvalue weighted by atomic mass is 10.1. The predicted molar refractivity (Wildman–Crippen MR) is 137 cm³/mol. The maximum Gasteiger partial charge on any atom is 0.262 e. The molecule has 0 unspecified atom stereocenters. The van der Waals surface area contributed by atoms with Crippen LogP contribution in [0.2, 0.25) is 5.02 Å². The third-order valence-corrected chi connectivity index (χ3v) is 7.98. The first-order valence-corrected chi connectivity index (χ1v) is 13.0. The smallest absolute Gasteiger partial charge is 0.262 e. The molecule has 1 N–H and O–H groups in total. The van der Waals surface area contributed by atoms with Crippen LogP contribution in [0.4, 0.5) is 11.4 Å². The molecule has 1 amide bonds. The third-order valence-electron chi connectivity index (χ3n) is 6.22. The number of benzene rings is 3. The lowest BCUT2D eigenvalue weighted by Gasteiger charge is -2.36. The molecule has 0 aliphatic carbocycles. The van der Waals surface area contributed by atoms with Gasteiger partial charge in [-0.2, -0.15) is 0 Å². The van der Waals surface area contributed by atoms with E-state index in [1.165, 1.54) is 6.07 Å². The van der Waals surface area contributed by atoms with Crippen LogP contribution in [0.25, 0.3) is 0 Å². The first-order valence-electron chi connectivity index (χ1n) is 11.1. The summed E-state index contributed by atoms with van der Waals surface area (Å²) in [5.74, 6) is -0.173. The number of nitrogens with one attached hydrogen (secondary N) is 1. The summed E-state index contributed by atoms with van der Waals surface area (Å²) in [6.07, 6.45) is 0. The van der Waals surface area contributed by atoms with Gasteiger partial charge in [0.15, 0.2) is 0 Å². The van der Waals surface area contributed by atoms with E-state index in [2.05, 4.69) is 9.62 Å². The molecule has 4 rings (SSSR count). The predicted octanol–water partition coefficient (Wildman–Crippen LogP) is 5.03. The molecule has 0 aromatic heterocycles. The number of sulfonamides is 1. The molecule has 0 saturated carbocycles. The highest BCUT2D eigenvalue weighted by Gasteiger charge is 2.25. The monoisotopic (exact) mass is 497 g/mol. The van der Waals surface area contributed by atoms with Crippen LogP contribution < -0.4 is 9.62 Å². The van der Waals surface area contributed by atoms with Crippen LogP contribution in [-0.4, -0.2) is 45.4 Å². The average Bonchev–Trinajstić information content (AvgIpc) is 2.81. The van der Waals surface area contributed by atoms with Crippen molar-refractivity contribution < 1.29 is 13.2 Å². The van der Waals surface area contributed by atoms with Gasteiger partial charge in [-0.15, -0.1) is 0 Å². The summed E-state index contributed by atoms with van der Waals surface area (Å²) in [5.41, 5.74) is 4.55. The van der Waals surface area contributed by atoms with E-state index in [4.69, 9.17) is 11.6 Å². The number of halogens is 1. The summed E-state index contributed by atoms with van der Waals surface area (Å²) in [6, 6.07) is 17.9. The first-order chi connectivity index (χ1) is 16.1. The molecule has 0 bridgehead atoms. The zero-order valence-corrected chi connectivity index (χ0v) is 21.1. The zero-order valence-electron chi connectivity index (χ0n) is 19.5. The van der Waals surface area contributed by atoms with Crippen molar-refractivity contribution in [2.24, 2.45) is 0 Å². The van der Waals surface area contributed by atoms with E-state index in [0.29, 0.717) is 48.0 Å². The number of amides is 1. The lowest BCUT2D eigenvalue weighted by Crippen LogP contribution is -2.48. The minimum absolute atomic E-state index is 0.106. The molecule has 1 fully saturated rings. The SMILES string of the molecule is Cc1ccc(NS(=O)(=O)c2cc(C(=O)N3CCN(c4cccc(Cl)c4)CC3)ccc2C)cc1C. The number of hydrogen-bond acceptors (Lipinski definition) is 4. The Bertz CT molecular complexity index is 1330. The normalized spacial score (nSPS) is 14.2. The Morgan fingerprint density at radius 2 is 1.56 bits per heavy atom. The summed E-state index contributed by atoms with van der Waals surface area (Å²) < 4.78 is 28.9. The minimum Gasteiger partial charge on any atom is -0.368 e. The van der Waals surface area contributed by atoms with Crippen molar-refractivity contribution >= 4 is 38.9 Å². The molecule has 6 nitrogen and oxygen atoms in total. The van der Waals surface area contributed by atoms with Gasteiger partial charge in [0.05, 0.1) is 4.90 Å². The van der Waals surface area contributed by atoms with Crippen LogP contribution in [0.1, 0.15) is 27.0 Å². The van der Waals surface area contributed by atoms with Gasteiger partial charge in [-0.3, -0.25) is 9.52 Å². The Morgan fingerprint density at radius 3 is 2.24 bits per heavy atom. The Labute approximate surface area is 206 Å². The van der Waals surface area contributed by atoms with Crippen molar-refractivity contribution in [1.82, 2.24) is 4.90 Å². The minimum atomic E-state index is -3.85. The number of hydrogen-bond donors (Lipinski definition) is 1. The fourth-order valence-corrected chi connectivity index (χ4v) is 5.57. The highest BCUT2D eigenvalue weighted by molar-refractivity contribution is 7.92. The molecule has 0 spiro atoms. The first kappa shape index (κ1) is 24.1. The largest absolute Gasteiger partial charge is 0.368 e. The number of piperazine rings is 1. The molecule has 8 heteroatoms. The molecule has 0 radical (unpaired) electrons. The second-order valence-corrected chi connectivity index (χ2v) is 10.7. The molecule has 3 aromatic carbocycles. The van der Waals surface area contributed by atoms with Gasteiger partial charge in [-0.25, -0.2) is 8.42 Å². The summed E-state index contributed by atoms with van der Waals surface area (Å²) in [4.78, 5) is 17.3. The third kappa shape index (κ3) is 5.21. The van der Waals surface area contributed by atoms with Crippen molar-refractivity contribution in [1.29, 1.82) is 0 Å². The number of anilines is 2. The highest BCUT2D eigenvalue weighted by atomic mass is 35.5. The number of rotatable bonds is 5. The Kier molecular flexibility index (Phi) is 6.86. The van der Waals surface area contributed by atoms with Gasteiger partial charge in [0, 0.05) is 48.1 Å². The number of carbonyl (C=O) groups excluding carboxylic acids is 1. The fraction of sp³-hybridized carbons (Fsp3) is 0.269. The topological polar surface area (TPSA) is 69.7 Å².